The van der Waals surface area contributed by atoms with E-state index in [9.17, 15) is 0 Å². The van der Waals surface area contributed by atoms with Crippen molar-refractivity contribution < 1.29 is 0 Å². The Labute approximate surface area is 51.1 Å². The second-order valence-corrected chi connectivity index (χ2v) is 1.81. The molecule has 0 saturated heterocycles. The SMILES string of the molecule is [B]n1ccnc1Br. The third-order valence-corrected chi connectivity index (χ3v) is 1.24. The standard InChI is InChI=1S/C3H2BBrN2/c4-7-2-1-6-3(7)5/h1-2H. The highest BCUT2D eigenvalue weighted by Gasteiger charge is 1.86. The van der Waals surface area contributed by atoms with Crippen LogP contribution in [0.4, 0.5) is 0 Å². The summed E-state index contributed by atoms with van der Waals surface area (Å²) in [5.74, 6) is 0. The number of rotatable bonds is 0. The zero-order valence-electron chi connectivity index (χ0n) is 3.50. The van der Waals surface area contributed by atoms with Crippen molar-refractivity contribution in [3.63, 3.8) is 0 Å². The fourth-order valence-corrected chi connectivity index (χ4v) is 0.531. The van der Waals surface area contributed by atoms with E-state index in [0.717, 1.165) is 0 Å². The Balaban J connectivity index is 3.12. The molecule has 0 bridgehead atoms. The number of aromatic nitrogens is 2. The fourth-order valence-electron chi connectivity index (χ4n) is 0.295. The maximum atomic E-state index is 5.25. The molecule has 0 aliphatic rings. The van der Waals surface area contributed by atoms with Gasteiger partial charge in [-0.05, 0) is 15.9 Å². The van der Waals surface area contributed by atoms with Gasteiger partial charge in [0.05, 0.1) is 0 Å². The van der Waals surface area contributed by atoms with Crippen LogP contribution in [0.1, 0.15) is 0 Å². The van der Waals surface area contributed by atoms with E-state index in [1.807, 2.05) is 0 Å². The van der Waals surface area contributed by atoms with Gasteiger partial charge in [0.1, 0.15) is 0 Å². The molecule has 0 unspecified atom stereocenters. The van der Waals surface area contributed by atoms with Crippen LogP contribution >= 0.6 is 15.9 Å². The molecule has 0 atom stereocenters. The Morgan fingerprint density at radius 1 is 1.86 bits per heavy atom. The lowest BCUT2D eigenvalue weighted by Gasteiger charge is -1.85. The van der Waals surface area contributed by atoms with Crippen LogP contribution in [0.2, 0.25) is 0 Å². The molecule has 7 heavy (non-hydrogen) atoms. The highest BCUT2D eigenvalue weighted by Crippen LogP contribution is 2.00. The van der Waals surface area contributed by atoms with Gasteiger partial charge in [-0.1, -0.05) is 0 Å². The van der Waals surface area contributed by atoms with Gasteiger partial charge in [0.25, 0.3) is 0 Å². The number of nitrogens with zero attached hydrogens (tertiary/aromatic N) is 2. The second kappa shape index (κ2) is 1.70. The van der Waals surface area contributed by atoms with Crippen molar-refractivity contribution in [1.29, 1.82) is 0 Å². The first kappa shape index (κ1) is 4.90. The first-order chi connectivity index (χ1) is 3.30. The lowest BCUT2D eigenvalue weighted by molar-refractivity contribution is 1.15. The van der Waals surface area contributed by atoms with Crippen LogP contribution < -0.4 is 0 Å². The number of hydrogen-bond acceptors (Lipinski definition) is 1. The minimum Gasteiger partial charge on any atom is -0.382 e. The number of hydrogen-bond donors (Lipinski definition) is 0. The van der Waals surface area contributed by atoms with Crippen LogP contribution in [0.25, 0.3) is 0 Å². The molecule has 0 fully saturated rings. The zero-order valence-corrected chi connectivity index (χ0v) is 5.09. The maximum absolute atomic E-state index is 5.25. The molecule has 1 aromatic heterocycles. The Morgan fingerprint density at radius 2 is 2.57 bits per heavy atom. The number of halogens is 1. The van der Waals surface area contributed by atoms with Crippen molar-refractivity contribution in [2.24, 2.45) is 0 Å². The summed E-state index contributed by atoms with van der Waals surface area (Å²) in [7, 11) is 5.25. The third kappa shape index (κ3) is 0.853. The topological polar surface area (TPSA) is 17.8 Å². The van der Waals surface area contributed by atoms with Gasteiger partial charge in [-0.25, -0.2) is 4.98 Å². The first-order valence-electron chi connectivity index (χ1n) is 1.74. The summed E-state index contributed by atoms with van der Waals surface area (Å²) in [6.07, 6.45) is 3.27. The smallest absolute Gasteiger partial charge is 0.236 e. The van der Waals surface area contributed by atoms with E-state index in [2.05, 4.69) is 20.9 Å². The minimum absolute atomic E-state index is 0.646. The van der Waals surface area contributed by atoms with E-state index < -0.39 is 0 Å². The van der Waals surface area contributed by atoms with Crippen LogP contribution in [0.3, 0.4) is 0 Å². The van der Waals surface area contributed by atoms with Crippen molar-refractivity contribution in [2.45, 2.75) is 0 Å². The molecule has 0 aromatic carbocycles. The van der Waals surface area contributed by atoms with Crippen LogP contribution in [0.5, 0.6) is 0 Å². The van der Waals surface area contributed by atoms with Gasteiger partial charge in [-0.3, -0.25) is 0 Å². The molecule has 0 aliphatic carbocycles. The normalized spacial score (nSPS) is 9.29. The molecule has 1 aromatic rings. The summed E-state index contributed by atoms with van der Waals surface area (Å²) >= 11 is 3.09. The molecule has 34 valence electrons. The monoisotopic (exact) mass is 156 g/mol. The first-order valence-corrected chi connectivity index (χ1v) is 2.54. The predicted octanol–water partition coefficient (Wildman–Crippen LogP) is 0.577. The summed E-state index contributed by atoms with van der Waals surface area (Å²) in [5, 5.41) is 0. The van der Waals surface area contributed by atoms with Crippen molar-refractivity contribution in [3.05, 3.63) is 17.1 Å². The fraction of sp³-hybridized carbons (Fsp3) is 0. The van der Waals surface area contributed by atoms with Crippen LogP contribution in [-0.4, -0.2) is 17.4 Å². The van der Waals surface area contributed by atoms with E-state index in [4.69, 9.17) is 7.98 Å². The zero-order chi connectivity index (χ0) is 5.28. The minimum atomic E-state index is 0.646. The van der Waals surface area contributed by atoms with E-state index in [1.165, 1.54) is 4.48 Å². The van der Waals surface area contributed by atoms with Gasteiger partial charge in [0, 0.05) is 12.4 Å². The number of imidazole rings is 1. The molecule has 1 rings (SSSR count). The van der Waals surface area contributed by atoms with Crippen LogP contribution in [0, 0.1) is 0 Å². The average molecular weight is 157 g/mol. The molecule has 0 N–H and O–H groups in total. The lowest BCUT2D eigenvalue weighted by Crippen LogP contribution is -1.86. The predicted molar refractivity (Wildman–Crippen MR) is 31.1 cm³/mol. The average Bonchev–Trinajstić information content (AvgIpc) is 1.91. The summed E-state index contributed by atoms with van der Waals surface area (Å²) < 4.78 is 2.03. The van der Waals surface area contributed by atoms with E-state index >= 15 is 0 Å². The molecule has 0 aliphatic heterocycles. The van der Waals surface area contributed by atoms with Crippen molar-refractivity contribution >= 4 is 23.9 Å². The Hall–Kier alpha value is -0.245. The second-order valence-electron chi connectivity index (χ2n) is 1.10. The van der Waals surface area contributed by atoms with Crippen LogP contribution in [-0.2, 0) is 0 Å². The summed E-state index contributed by atoms with van der Waals surface area (Å²) in [5.41, 5.74) is 0. The highest BCUT2D eigenvalue weighted by atomic mass is 79.9. The molecular weight excluding hydrogens is 155 g/mol. The summed E-state index contributed by atoms with van der Waals surface area (Å²) in [6.45, 7) is 0. The van der Waals surface area contributed by atoms with Gasteiger partial charge >= 0.3 is 0 Å². The quantitative estimate of drug-likeness (QED) is 0.503. The Kier molecular flexibility index (Phi) is 1.19. The van der Waals surface area contributed by atoms with Crippen LogP contribution in [0.15, 0.2) is 17.1 Å². The van der Waals surface area contributed by atoms with E-state index in [-0.39, 0.29) is 0 Å². The Morgan fingerprint density at radius 3 is 2.71 bits per heavy atom. The molecule has 0 spiro atoms. The van der Waals surface area contributed by atoms with Gasteiger partial charge in [0.15, 0.2) is 4.73 Å². The molecule has 1 heterocycles. The maximum Gasteiger partial charge on any atom is 0.236 e. The highest BCUT2D eigenvalue weighted by molar-refractivity contribution is 9.10. The lowest BCUT2D eigenvalue weighted by atomic mass is 10.4. The van der Waals surface area contributed by atoms with Crippen molar-refractivity contribution in [1.82, 2.24) is 9.46 Å². The molecule has 0 amide bonds. The van der Waals surface area contributed by atoms with Crippen molar-refractivity contribution in [2.75, 3.05) is 0 Å². The van der Waals surface area contributed by atoms with Gasteiger partial charge < -0.3 is 4.48 Å². The van der Waals surface area contributed by atoms with Gasteiger partial charge in [-0.2, -0.15) is 0 Å². The molecule has 0 saturated carbocycles. The van der Waals surface area contributed by atoms with Gasteiger partial charge in [0.2, 0.25) is 7.98 Å². The van der Waals surface area contributed by atoms with Gasteiger partial charge in [-0.15, -0.1) is 0 Å². The third-order valence-electron chi connectivity index (χ3n) is 0.621. The van der Waals surface area contributed by atoms with Crippen molar-refractivity contribution in [3.8, 4) is 0 Å². The molecule has 2 radical (unpaired) electrons. The largest absolute Gasteiger partial charge is 0.382 e. The molecule has 2 nitrogen and oxygen atoms in total. The molecule has 4 heteroatoms. The van der Waals surface area contributed by atoms with E-state index in [1.54, 1.807) is 12.4 Å². The Bertz CT molecular complexity index is 145. The molecular formula is C3H2BBrN2. The summed E-state index contributed by atoms with van der Waals surface area (Å²) in [6, 6.07) is 0. The summed E-state index contributed by atoms with van der Waals surface area (Å²) in [4.78, 5) is 3.77. The van der Waals surface area contributed by atoms with E-state index in [0.29, 0.717) is 4.73 Å².